The Balaban J connectivity index is 1.73. The summed E-state index contributed by atoms with van der Waals surface area (Å²) in [6.45, 7) is 12.1. The number of pyridine rings is 1. The summed E-state index contributed by atoms with van der Waals surface area (Å²) in [5.74, 6) is 0.669. The molecule has 0 unspecified atom stereocenters. The molecule has 1 aromatic carbocycles. The average molecular weight is 602 g/mol. The van der Waals surface area contributed by atoms with E-state index in [1.54, 1.807) is 17.4 Å². The molecule has 0 bridgehead atoms. The van der Waals surface area contributed by atoms with E-state index in [0.717, 1.165) is 44.4 Å². The summed E-state index contributed by atoms with van der Waals surface area (Å²) in [6.07, 6.45) is 2.84. The zero-order valence-electron chi connectivity index (χ0n) is 23.6. The van der Waals surface area contributed by atoms with Crippen LogP contribution in [0.15, 0.2) is 46.0 Å². The number of hydrogen-bond donors (Lipinski definition) is 1. The Morgan fingerprint density at radius 3 is 2.50 bits per heavy atom. The number of aromatic nitrogens is 5. The van der Waals surface area contributed by atoms with Gasteiger partial charge in [0.15, 0.2) is 0 Å². The second kappa shape index (κ2) is 13.1. The molecular weight excluding hydrogens is 566 g/mol. The molecule has 40 heavy (non-hydrogen) atoms. The van der Waals surface area contributed by atoms with E-state index in [-0.39, 0.29) is 12.4 Å². The van der Waals surface area contributed by atoms with Crippen LogP contribution in [0.4, 0.5) is 0 Å². The second-order valence-corrected chi connectivity index (χ2v) is 18.0. The maximum Gasteiger partial charge on any atom is 0.370 e. The Hall–Kier alpha value is -2.99. The molecule has 0 aliphatic rings. The van der Waals surface area contributed by atoms with Crippen molar-refractivity contribution in [3.63, 3.8) is 0 Å². The normalized spacial score (nSPS) is 11.8. The minimum atomic E-state index is -1.27. The number of nitrogens with zero attached hydrogens (tertiary/aromatic N) is 4. The van der Waals surface area contributed by atoms with Gasteiger partial charge >= 0.3 is 5.69 Å². The van der Waals surface area contributed by atoms with Crippen LogP contribution in [0, 0.1) is 0 Å². The Labute approximate surface area is 243 Å². The summed E-state index contributed by atoms with van der Waals surface area (Å²) in [4.78, 5) is 31.7. The van der Waals surface area contributed by atoms with E-state index in [0.29, 0.717) is 40.8 Å². The fraction of sp³-hybridized carbons (Fsp3) is 0.429. The lowest BCUT2D eigenvalue weighted by atomic mass is 10.1. The third kappa shape index (κ3) is 7.20. The molecule has 0 aliphatic heterocycles. The van der Waals surface area contributed by atoms with Crippen LogP contribution in [0.3, 0.4) is 0 Å². The van der Waals surface area contributed by atoms with Gasteiger partial charge in [0.05, 0.1) is 17.3 Å². The molecule has 9 nitrogen and oxygen atoms in total. The molecule has 0 saturated heterocycles. The van der Waals surface area contributed by atoms with Crippen LogP contribution < -0.4 is 16.0 Å². The number of rotatable bonds is 13. The van der Waals surface area contributed by atoms with Crippen LogP contribution in [0.1, 0.15) is 31.6 Å². The number of aromatic amines is 1. The van der Waals surface area contributed by atoms with Crippen molar-refractivity contribution in [2.24, 2.45) is 0 Å². The van der Waals surface area contributed by atoms with Crippen molar-refractivity contribution in [3.05, 3.63) is 67.1 Å². The van der Waals surface area contributed by atoms with Crippen molar-refractivity contribution in [3.8, 4) is 33.1 Å². The van der Waals surface area contributed by atoms with Gasteiger partial charge in [0.25, 0.3) is 5.56 Å². The van der Waals surface area contributed by atoms with Gasteiger partial charge in [-0.1, -0.05) is 51.5 Å². The van der Waals surface area contributed by atoms with Crippen LogP contribution in [-0.4, -0.2) is 46.1 Å². The SMILES string of the molecule is CCCCOc1ccc(-c2cc(-c3ccc(CC)s3)c(-n3nnn(COCC[Si](C)(C)C)c3=O)c(=O)[nH]2)c(Cl)c1. The van der Waals surface area contributed by atoms with Gasteiger partial charge in [0, 0.05) is 35.6 Å². The second-order valence-electron chi connectivity index (χ2n) is 10.8. The molecule has 214 valence electrons. The van der Waals surface area contributed by atoms with Crippen molar-refractivity contribution < 1.29 is 9.47 Å². The van der Waals surface area contributed by atoms with Crippen molar-refractivity contribution in [1.82, 2.24) is 24.8 Å². The molecule has 0 fully saturated rings. The van der Waals surface area contributed by atoms with Crippen molar-refractivity contribution in [1.29, 1.82) is 0 Å². The van der Waals surface area contributed by atoms with Gasteiger partial charge < -0.3 is 14.5 Å². The summed E-state index contributed by atoms with van der Waals surface area (Å²) in [7, 11) is -1.27. The summed E-state index contributed by atoms with van der Waals surface area (Å²) < 4.78 is 13.6. The number of unbranched alkanes of at least 4 members (excludes halogenated alkanes) is 1. The highest BCUT2D eigenvalue weighted by Crippen LogP contribution is 2.36. The topological polar surface area (TPSA) is 104 Å². The number of thiophene rings is 1. The molecule has 4 aromatic rings. The molecule has 0 spiro atoms. The third-order valence-electron chi connectivity index (χ3n) is 6.34. The van der Waals surface area contributed by atoms with Crippen LogP contribution in [0.25, 0.3) is 27.4 Å². The molecule has 4 rings (SSSR count). The van der Waals surface area contributed by atoms with Crippen molar-refractivity contribution in [2.45, 2.75) is 65.5 Å². The zero-order valence-corrected chi connectivity index (χ0v) is 26.2. The molecule has 0 radical (unpaired) electrons. The van der Waals surface area contributed by atoms with Crippen LogP contribution in [0.5, 0.6) is 5.75 Å². The van der Waals surface area contributed by atoms with Gasteiger partial charge in [-0.3, -0.25) is 4.79 Å². The average Bonchev–Trinajstić information content (AvgIpc) is 3.53. The summed E-state index contributed by atoms with van der Waals surface area (Å²) in [6, 6.07) is 12.2. The summed E-state index contributed by atoms with van der Waals surface area (Å²) in [5, 5.41) is 8.47. The fourth-order valence-electron chi connectivity index (χ4n) is 3.97. The minimum Gasteiger partial charge on any atom is -0.494 e. The number of hydrogen-bond acceptors (Lipinski definition) is 7. The molecule has 3 aromatic heterocycles. The third-order valence-corrected chi connectivity index (χ3v) is 9.62. The van der Waals surface area contributed by atoms with E-state index in [9.17, 15) is 9.59 Å². The highest BCUT2D eigenvalue weighted by atomic mass is 35.5. The molecule has 0 amide bonds. The number of ether oxygens (including phenoxy) is 2. The van der Waals surface area contributed by atoms with Gasteiger partial charge in [-0.15, -0.1) is 11.3 Å². The Bertz CT molecular complexity index is 1570. The largest absolute Gasteiger partial charge is 0.494 e. The van der Waals surface area contributed by atoms with Crippen LogP contribution in [-0.2, 0) is 17.9 Å². The molecular formula is C28H36ClN5O4SSi. The minimum absolute atomic E-state index is 0.0318. The first-order valence-electron chi connectivity index (χ1n) is 13.5. The smallest absolute Gasteiger partial charge is 0.370 e. The van der Waals surface area contributed by atoms with Crippen molar-refractivity contribution in [2.75, 3.05) is 13.2 Å². The highest BCUT2D eigenvalue weighted by Gasteiger charge is 2.21. The predicted molar refractivity (Wildman–Crippen MR) is 164 cm³/mol. The van der Waals surface area contributed by atoms with Gasteiger partial charge in [-0.25, -0.2) is 4.79 Å². The summed E-state index contributed by atoms with van der Waals surface area (Å²) >= 11 is 8.20. The monoisotopic (exact) mass is 601 g/mol. The molecule has 0 saturated carbocycles. The quantitative estimate of drug-likeness (QED) is 0.144. The van der Waals surface area contributed by atoms with Gasteiger partial charge in [0.1, 0.15) is 18.2 Å². The van der Waals surface area contributed by atoms with Crippen LogP contribution in [0.2, 0.25) is 30.7 Å². The summed E-state index contributed by atoms with van der Waals surface area (Å²) in [5.41, 5.74) is 0.807. The number of tetrazole rings is 1. The van der Waals surface area contributed by atoms with E-state index in [4.69, 9.17) is 21.1 Å². The Morgan fingerprint density at radius 2 is 1.82 bits per heavy atom. The lowest BCUT2D eigenvalue weighted by molar-refractivity contribution is 0.0748. The fourth-order valence-corrected chi connectivity index (χ4v) is 5.97. The van der Waals surface area contributed by atoms with Crippen LogP contribution >= 0.6 is 22.9 Å². The van der Waals surface area contributed by atoms with E-state index >= 15 is 0 Å². The molecule has 12 heteroatoms. The number of benzene rings is 1. The standard InChI is InChI=1S/C28H36ClN5O4SSi/c1-6-8-13-38-19-9-11-21(23(29)16-19)24-17-22(25-12-10-20(7-2)39-25)26(27(35)30-24)34-28(36)33(31-32-34)18-37-14-15-40(3,4)5/h9-12,16-17H,6-8,13-15,18H2,1-5H3,(H,30,35). The lowest BCUT2D eigenvalue weighted by Crippen LogP contribution is -2.30. The first-order chi connectivity index (χ1) is 19.1. The highest BCUT2D eigenvalue weighted by molar-refractivity contribution is 7.15. The Morgan fingerprint density at radius 1 is 1.02 bits per heavy atom. The first kappa shape index (κ1) is 30.0. The maximum atomic E-state index is 13.6. The number of nitrogens with one attached hydrogen (secondary N) is 1. The van der Waals surface area contributed by atoms with E-state index < -0.39 is 19.3 Å². The zero-order chi connectivity index (χ0) is 28.9. The Kier molecular flexibility index (Phi) is 9.83. The van der Waals surface area contributed by atoms with Gasteiger partial charge in [-0.2, -0.15) is 9.36 Å². The number of H-pyrrole nitrogens is 1. The van der Waals surface area contributed by atoms with E-state index in [1.807, 2.05) is 30.3 Å². The molecule has 0 aliphatic carbocycles. The maximum absolute atomic E-state index is 13.6. The van der Waals surface area contributed by atoms with E-state index in [2.05, 4.69) is 48.9 Å². The number of aryl methyl sites for hydroxylation is 1. The van der Waals surface area contributed by atoms with E-state index in [1.165, 1.54) is 0 Å². The molecule has 1 N–H and O–H groups in total. The van der Waals surface area contributed by atoms with Gasteiger partial charge in [0.2, 0.25) is 0 Å². The molecule has 0 atom stereocenters. The van der Waals surface area contributed by atoms with Gasteiger partial charge in [-0.05, 0) is 65.7 Å². The molecule has 3 heterocycles. The lowest BCUT2D eigenvalue weighted by Gasteiger charge is -2.14. The number of halogens is 1. The van der Waals surface area contributed by atoms with Crippen molar-refractivity contribution >= 4 is 31.0 Å². The first-order valence-corrected chi connectivity index (χ1v) is 18.4. The predicted octanol–water partition coefficient (Wildman–Crippen LogP) is 6.22.